The molecule has 138 valence electrons. The van der Waals surface area contributed by atoms with Crippen LogP contribution >= 0.6 is 22.6 Å². The van der Waals surface area contributed by atoms with Crippen LogP contribution in [0.2, 0.25) is 0 Å². The number of benzene rings is 3. The molecule has 0 fully saturated rings. The number of hydrogen-bond acceptors (Lipinski definition) is 3. The van der Waals surface area contributed by atoms with Crippen LogP contribution in [0.25, 0.3) is 0 Å². The lowest BCUT2D eigenvalue weighted by molar-refractivity contribution is -0.118. The number of anilines is 2. The standard InChI is InChI=1S/C21H18FIN2O2/c22-16-5-9-18(10-6-16)24-13-15-3-1-2-4-20(15)27-14-21(26)25-19-11-7-17(23)8-12-19/h1-12,24H,13-14H2,(H,25,26). The molecule has 3 aromatic carbocycles. The van der Waals surface area contributed by atoms with Crippen molar-refractivity contribution < 1.29 is 13.9 Å². The van der Waals surface area contributed by atoms with E-state index in [9.17, 15) is 9.18 Å². The van der Waals surface area contributed by atoms with Crippen LogP contribution in [0.4, 0.5) is 15.8 Å². The number of halogens is 2. The van der Waals surface area contributed by atoms with Crippen molar-refractivity contribution >= 4 is 39.9 Å². The molecule has 2 N–H and O–H groups in total. The zero-order valence-corrected chi connectivity index (χ0v) is 16.6. The predicted octanol–water partition coefficient (Wildman–Crippen LogP) is 5.06. The molecule has 3 rings (SSSR count). The van der Waals surface area contributed by atoms with E-state index in [1.807, 2.05) is 48.5 Å². The van der Waals surface area contributed by atoms with E-state index >= 15 is 0 Å². The van der Waals surface area contributed by atoms with Gasteiger partial charge >= 0.3 is 0 Å². The highest BCUT2D eigenvalue weighted by Gasteiger charge is 2.07. The van der Waals surface area contributed by atoms with Crippen molar-refractivity contribution in [3.05, 3.63) is 87.7 Å². The second kappa shape index (κ2) is 9.36. The third-order valence-electron chi connectivity index (χ3n) is 3.79. The van der Waals surface area contributed by atoms with Crippen molar-refractivity contribution in [2.75, 3.05) is 17.2 Å². The average Bonchev–Trinajstić information content (AvgIpc) is 2.68. The van der Waals surface area contributed by atoms with Gasteiger partial charge in [0, 0.05) is 27.1 Å². The maximum atomic E-state index is 13.0. The summed E-state index contributed by atoms with van der Waals surface area (Å²) in [5.41, 5.74) is 2.45. The Labute approximate surface area is 170 Å². The largest absolute Gasteiger partial charge is 0.483 e. The molecule has 0 saturated carbocycles. The molecule has 0 aliphatic heterocycles. The summed E-state index contributed by atoms with van der Waals surface area (Å²) in [5.74, 6) is 0.130. The van der Waals surface area contributed by atoms with Gasteiger partial charge in [0.05, 0.1) is 0 Å². The summed E-state index contributed by atoms with van der Waals surface area (Å²) in [6.07, 6.45) is 0. The Hall–Kier alpha value is -2.61. The van der Waals surface area contributed by atoms with E-state index in [1.165, 1.54) is 12.1 Å². The third-order valence-corrected chi connectivity index (χ3v) is 4.51. The quantitative estimate of drug-likeness (QED) is 0.469. The average molecular weight is 476 g/mol. The summed E-state index contributed by atoms with van der Waals surface area (Å²) < 4.78 is 19.8. The fourth-order valence-electron chi connectivity index (χ4n) is 2.43. The van der Waals surface area contributed by atoms with Gasteiger partial charge in [0.15, 0.2) is 6.61 Å². The van der Waals surface area contributed by atoms with E-state index in [1.54, 1.807) is 12.1 Å². The number of ether oxygens (including phenoxy) is 1. The number of rotatable bonds is 7. The van der Waals surface area contributed by atoms with Gasteiger partial charge in [-0.3, -0.25) is 4.79 Å². The minimum atomic E-state index is -0.275. The zero-order chi connectivity index (χ0) is 19.1. The Morgan fingerprint density at radius 1 is 0.926 bits per heavy atom. The van der Waals surface area contributed by atoms with Gasteiger partial charge in [-0.05, 0) is 77.2 Å². The Morgan fingerprint density at radius 3 is 2.33 bits per heavy atom. The highest BCUT2D eigenvalue weighted by Crippen LogP contribution is 2.20. The Morgan fingerprint density at radius 2 is 1.59 bits per heavy atom. The van der Waals surface area contributed by atoms with E-state index in [4.69, 9.17) is 4.74 Å². The third kappa shape index (κ3) is 5.96. The lowest BCUT2D eigenvalue weighted by Crippen LogP contribution is -2.20. The maximum Gasteiger partial charge on any atom is 0.262 e. The minimum Gasteiger partial charge on any atom is -0.483 e. The number of amides is 1. The van der Waals surface area contributed by atoms with Gasteiger partial charge < -0.3 is 15.4 Å². The molecule has 0 saturated heterocycles. The first-order chi connectivity index (χ1) is 13.1. The fourth-order valence-corrected chi connectivity index (χ4v) is 2.79. The lowest BCUT2D eigenvalue weighted by atomic mass is 10.2. The summed E-state index contributed by atoms with van der Waals surface area (Å²) in [4.78, 5) is 12.1. The van der Waals surface area contributed by atoms with Crippen LogP contribution in [0.15, 0.2) is 72.8 Å². The normalized spacial score (nSPS) is 10.3. The topological polar surface area (TPSA) is 50.4 Å². The van der Waals surface area contributed by atoms with Gasteiger partial charge in [-0.1, -0.05) is 18.2 Å². The number of carbonyl (C=O) groups excluding carboxylic acids is 1. The molecule has 0 bridgehead atoms. The Kier molecular flexibility index (Phi) is 6.64. The van der Waals surface area contributed by atoms with E-state index in [0.717, 1.165) is 20.5 Å². The van der Waals surface area contributed by atoms with Crippen molar-refractivity contribution in [3.63, 3.8) is 0 Å². The van der Waals surface area contributed by atoms with Gasteiger partial charge in [-0.2, -0.15) is 0 Å². The van der Waals surface area contributed by atoms with Crippen LogP contribution in [0, 0.1) is 9.39 Å². The van der Waals surface area contributed by atoms with Crippen LogP contribution < -0.4 is 15.4 Å². The number of hydrogen-bond donors (Lipinski definition) is 2. The molecule has 0 heterocycles. The van der Waals surface area contributed by atoms with Gasteiger partial charge in [0.2, 0.25) is 0 Å². The number of para-hydroxylation sites is 1. The fraction of sp³-hybridized carbons (Fsp3) is 0.0952. The molecule has 0 spiro atoms. The first kappa shape index (κ1) is 19.2. The van der Waals surface area contributed by atoms with Crippen molar-refractivity contribution in [2.45, 2.75) is 6.54 Å². The molecule has 0 radical (unpaired) electrons. The molecule has 27 heavy (non-hydrogen) atoms. The second-order valence-electron chi connectivity index (χ2n) is 5.81. The van der Waals surface area contributed by atoms with Crippen molar-refractivity contribution in [1.82, 2.24) is 0 Å². The molecule has 0 aliphatic carbocycles. The molecule has 0 unspecified atom stereocenters. The summed E-state index contributed by atoms with van der Waals surface area (Å²) in [7, 11) is 0. The molecule has 3 aromatic rings. The van der Waals surface area contributed by atoms with Crippen LogP contribution in [-0.2, 0) is 11.3 Å². The lowest BCUT2D eigenvalue weighted by Gasteiger charge is -2.13. The van der Waals surface area contributed by atoms with Crippen LogP contribution in [-0.4, -0.2) is 12.5 Å². The van der Waals surface area contributed by atoms with E-state index in [-0.39, 0.29) is 18.3 Å². The van der Waals surface area contributed by atoms with Gasteiger partial charge in [-0.15, -0.1) is 0 Å². The van der Waals surface area contributed by atoms with Gasteiger partial charge in [0.1, 0.15) is 11.6 Å². The summed E-state index contributed by atoms with van der Waals surface area (Å²) in [6, 6.07) is 21.2. The van der Waals surface area contributed by atoms with Crippen LogP contribution in [0.1, 0.15) is 5.56 Å². The minimum absolute atomic E-state index is 0.0838. The molecular weight excluding hydrogens is 458 g/mol. The summed E-state index contributed by atoms with van der Waals surface area (Å²) in [6.45, 7) is 0.417. The van der Waals surface area contributed by atoms with Gasteiger partial charge in [-0.25, -0.2) is 4.39 Å². The molecule has 1 amide bonds. The number of nitrogens with one attached hydrogen (secondary N) is 2. The first-order valence-corrected chi connectivity index (χ1v) is 9.43. The monoisotopic (exact) mass is 476 g/mol. The molecule has 6 heteroatoms. The molecule has 4 nitrogen and oxygen atoms in total. The SMILES string of the molecule is O=C(COc1ccccc1CNc1ccc(F)cc1)Nc1ccc(I)cc1. The van der Waals surface area contributed by atoms with Crippen LogP contribution in [0.3, 0.4) is 0 Å². The van der Waals surface area contributed by atoms with E-state index < -0.39 is 0 Å². The van der Waals surface area contributed by atoms with E-state index in [0.29, 0.717) is 12.3 Å². The number of carbonyl (C=O) groups is 1. The smallest absolute Gasteiger partial charge is 0.262 e. The summed E-state index contributed by atoms with van der Waals surface area (Å²) in [5, 5.41) is 6.02. The van der Waals surface area contributed by atoms with Crippen molar-refractivity contribution in [2.24, 2.45) is 0 Å². The maximum absolute atomic E-state index is 13.0. The Bertz CT molecular complexity index is 899. The Balaban J connectivity index is 1.56. The highest BCUT2D eigenvalue weighted by molar-refractivity contribution is 14.1. The first-order valence-electron chi connectivity index (χ1n) is 8.36. The second-order valence-corrected chi connectivity index (χ2v) is 7.06. The molecule has 0 atom stereocenters. The highest BCUT2D eigenvalue weighted by atomic mass is 127. The summed E-state index contributed by atoms with van der Waals surface area (Å²) >= 11 is 2.21. The van der Waals surface area contributed by atoms with Gasteiger partial charge in [0.25, 0.3) is 5.91 Å². The molecule has 0 aliphatic rings. The molecule has 0 aromatic heterocycles. The predicted molar refractivity (Wildman–Crippen MR) is 113 cm³/mol. The van der Waals surface area contributed by atoms with Crippen molar-refractivity contribution in [1.29, 1.82) is 0 Å². The van der Waals surface area contributed by atoms with Crippen molar-refractivity contribution in [3.8, 4) is 5.75 Å². The zero-order valence-electron chi connectivity index (χ0n) is 14.4. The van der Waals surface area contributed by atoms with E-state index in [2.05, 4.69) is 33.2 Å². The molecular formula is C21H18FIN2O2. The van der Waals surface area contributed by atoms with Crippen LogP contribution in [0.5, 0.6) is 5.75 Å².